The summed E-state index contributed by atoms with van der Waals surface area (Å²) in [7, 11) is 0. The minimum atomic E-state index is -5.03. The fourth-order valence-corrected chi connectivity index (χ4v) is 3.39. The van der Waals surface area contributed by atoms with Gasteiger partial charge in [0.1, 0.15) is 17.7 Å². The Morgan fingerprint density at radius 1 is 1.17 bits per heavy atom. The van der Waals surface area contributed by atoms with E-state index < -0.39 is 36.7 Å². The first-order valence-electron chi connectivity index (χ1n) is 8.77. The summed E-state index contributed by atoms with van der Waals surface area (Å²) in [5, 5.41) is 1.87. The largest absolute Gasteiger partial charge is 0.481 e. The number of rotatable bonds is 4. The fraction of sp³-hybridized carbons (Fsp3) is 0.300. The average Bonchev–Trinajstić information content (AvgIpc) is 2.70. The smallest absolute Gasteiger partial charge is 0.471 e. The lowest BCUT2D eigenvalue weighted by Crippen LogP contribution is -2.55. The molecular weight excluding hydrogens is 409 g/mol. The standard InChI is InChI=1S/C20H18ClF3N2O3/c1-12-7-8-16-14(9-12)26(17(27)10-21)15(11-25-19(28)20(22,23)24)18(29-16)13-5-3-2-4-6-13/h2-9,15,18H,10-11H2,1H3,(H,25,28). The lowest BCUT2D eigenvalue weighted by molar-refractivity contribution is -0.173. The molecule has 0 fully saturated rings. The van der Waals surface area contributed by atoms with Crippen molar-refractivity contribution in [1.82, 2.24) is 5.32 Å². The molecule has 2 amide bonds. The average molecular weight is 427 g/mol. The molecule has 2 aromatic rings. The van der Waals surface area contributed by atoms with Gasteiger partial charge in [0.25, 0.3) is 0 Å². The van der Waals surface area contributed by atoms with Crippen molar-refractivity contribution in [3.63, 3.8) is 0 Å². The predicted molar refractivity (Wildman–Crippen MR) is 102 cm³/mol. The number of fused-ring (bicyclic) bond motifs is 1. The third-order valence-corrected chi connectivity index (χ3v) is 4.78. The van der Waals surface area contributed by atoms with E-state index in [1.165, 1.54) is 4.90 Å². The Morgan fingerprint density at radius 3 is 2.48 bits per heavy atom. The summed E-state index contributed by atoms with van der Waals surface area (Å²) in [6.07, 6.45) is -5.83. The van der Waals surface area contributed by atoms with E-state index in [9.17, 15) is 22.8 Å². The highest BCUT2D eigenvalue weighted by Crippen LogP contribution is 2.42. The summed E-state index contributed by atoms with van der Waals surface area (Å²) in [5.74, 6) is -2.56. The van der Waals surface area contributed by atoms with Gasteiger partial charge < -0.3 is 10.1 Å². The molecule has 5 nitrogen and oxygen atoms in total. The van der Waals surface area contributed by atoms with Crippen LogP contribution in [-0.2, 0) is 9.59 Å². The van der Waals surface area contributed by atoms with Gasteiger partial charge in [-0.3, -0.25) is 14.5 Å². The molecule has 2 atom stereocenters. The number of alkyl halides is 4. The van der Waals surface area contributed by atoms with Gasteiger partial charge in [0, 0.05) is 6.54 Å². The van der Waals surface area contributed by atoms with Crippen LogP contribution >= 0.6 is 11.6 Å². The van der Waals surface area contributed by atoms with E-state index in [1.54, 1.807) is 48.5 Å². The van der Waals surface area contributed by atoms with Gasteiger partial charge in [-0.1, -0.05) is 36.4 Å². The SMILES string of the molecule is Cc1ccc2c(c1)N(C(=O)CCl)C(CNC(=O)C(F)(F)F)C(c1ccccc1)O2. The highest BCUT2D eigenvalue weighted by Gasteiger charge is 2.43. The lowest BCUT2D eigenvalue weighted by atomic mass is 9.97. The maximum Gasteiger partial charge on any atom is 0.471 e. The van der Waals surface area contributed by atoms with Crippen molar-refractivity contribution < 1.29 is 27.5 Å². The molecule has 1 aliphatic rings. The zero-order chi connectivity index (χ0) is 21.2. The number of benzene rings is 2. The molecule has 29 heavy (non-hydrogen) atoms. The minimum Gasteiger partial charge on any atom is -0.481 e. The molecule has 0 aliphatic carbocycles. The van der Waals surface area contributed by atoms with Crippen LogP contribution in [0.15, 0.2) is 48.5 Å². The van der Waals surface area contributed by atoms with Crippen LogP contribution in [0, 0.1) is 6.92 Å². The number of nitrogens with zero attached hydrogens (tertiary/aromatic N) is 1. The molecule has 9 heteroatoms. The Labute approximate surface area is 170 Å². The summed E-state index contributed by atoms with van der Waals surface area (Å²) in [4.78, 5) is 25.4. The molecule has 3 rings (SSSR count). The van der Waals surface area contributed by atoms with Gasteiger partial charge in [-0.15, -0.1) is 11.6 Å². The number of ether oxygens (including phenoxy) is 1. The van der Waals surface area contributed by atoms with Crippen LogP contribution in [0.5, 0.6) is 5.75 Å². The molecule has 0 spiro atoms. The number of aryl methyl sites for hydroxylation is 1. The lowest BCUT2D eigenvalue weighted by Gasteiger charge is -2.42. The van der Waals surface area contributed by atoms with E-state index >= 15 is 0 Å². The minimum absolute atomic E-state index is 0.376. The maximum absolute atomic E-state index is 12.7. The van der Waals surface area contributed by atoms with Crippen LogP contribution in [0.4, 0.5) is 18.9 Å². The second kappa shape index (κ2) is 8.32. The van der Waals surface area contributed by atoms with Crippen molar-refractivity contribution in [2.75, 3.05) is 17.3 Å². The van der Waals surface area contributed by atoms with Crippen LogP contribution < -0.4 is 15.0 Å². The number of halogens is 4. The Kier molecular flexibility index (Phi) is 6.02. The Balaban J connectivity index is 2.05. The van der Waals surface area contributed by atoms with Crippen LogP contribution in [0.3, 0.4) is 0 Å². The van der Waals surface area contributed by atoms with Gasteiger partial charge in [-0.2, -0.15) is 13.2 Å². The summed E-state index contributed by atoms with van der Waals surface area (Å²) in [6, 6.07) is 13.0. The highest BCUT2D eigenvalue weighted by molar-refractivity contribution is 6.29. The zero-order valence-corrected chi connectivity index (χ0v) is 16.1. The Hall–Kier alpha value is -2.74. The first kappa shape index (κ1) is 21.0. The molecule has 0 aromatic heterocycles. The van der Waals surface area contributed by atoms with Gasteiger partial charge in [0.05, 0.1) is 11.7 Å². The molecule has 154 valence electrons. The third-order valence-electron chi connectivity index (χ3n) is 4.55. The second-order valence-corrected chi connectivity index (χ2v) is 6.86. The normalized spacial score (nSPS) is 18.6. The van der Waals surface area contributed by atoms with Gasteiger partial charge in [0.2, 0.25) is 5.91 Å². The van der Waals surface area contributed by atoms with E-state index in [0.717, 1.165) is 5.56 Å². The van der Waals surface area contributed by atoms with E-state index in [-0.39, 0.29) is 5.88 Å². The van der Waals surface area contributed by atoms with Crippen molar-refractivity contribution in [3.8, 4) is 5.75 Å². The van der Waals surface area contributed by atoms with Gasteiger partial charge in [-0.05, 0) is 30.2 Å². The van der Waals surface area contributed by atoms with Crippen LogP contribution in [0.1, 0.15) is 17.2 Å². The van der Waals surface area contributed by atoms with Crippen molar-refractivity contribution in [3.05, 3.63) is 59.7 Å². The molecule has 0 radical (unpaired) electrons. The van der Waals surface area contributed by atoms with Crippen molar-refractivity contribution >= 4 is 29.1 Å². The number of amides is 2. The second-order valence-electron chi connectivity index (χ2n) is 6.59. The topological polar surface area (TPSA) is 58.6 Å². The van der Waals surface area contributed by atoms with Gasteiger partial charge >= 0.3 is 12.1 Å². The van der Waals surface area contributed by atoms with Crippen molar-refractivity contribution in [1.29, 1.82) is 0 Å². The number of hydrogen-bond donors (Lipinski definition) is 1. The fourth-order valence-electron chi connectivity index (χ4n) is 3.26. The molecule has 0 saturated heterocycles. The van der Waals surface area contributed by atoms with E-state index in [2.05, 4.69) is 0 Å². The van der Waals surface area contributed by atoms with E-state index in [1.807, 2.05) is 12.2 Å². The predicted octanol–water partition coefficient (Wildman–Crippen LogP) is 3.75. The van der Waals surface area contributed by atoms with Gasteiger partial charge in [-0.25, -0.2) is 0 Å². The van der Waals surface area contributed by atoms with E-state index in [4.69, 9.17) is 16.3 Å². The van der Waals surface area contributed by atoms with Crippen LogP contribution in [0.25, 0.3) is 0 Å². The van der Waals surface area contributed by atoms with Crippen molar-refractivity contribution in [2.24, 2.45) is 0 Å². The van der Waals surface area contributed by atoms with E-state index in [0.29, 0.717) is 17.0 Å². The Morgan fingerprint density at radius 2 is 1.86 bits per heavy atom. The van der Waals surface area contributed by atoms with Crippen molar-refractivity contribution in [2.45, 2.75) is 25.2 Å². The number of carbonyl (C=O) groups is 2. The summed E-state index contributed by atoms with van der Waals surface area (Å²) in [6.45, 7) is 1.35. The van der Waals surface area contributed by atoms with Crippen LogP contribution in [0.2, 0.25) is 0 Å². The van der Waals surface area contributed by atoms with Gasteiger partial charge in [0.15, 0.2) is 0 Å². The number of carbonyl (C=O) groups excluding carboxylic acids is 2. The molecule has 0 bridgehead atoms. The maximum atomic E-state index is 12.7. The quantitative estimate of drug-likeness (QED) is 0.757. The summed E-state index contributed by atoms with van der Waals surface area (Å²) in [5.41, 5.74) is 1.88. The highest BCUT2D eigenvalue weighted by atomic mass is 35.5. The first-order chi connectivity index (χ1) is 13.7. The Bertz CT molecular complexity index is 906. The molecule has 2 unspecified atom stereocenters. The molecule has 0 saturated carbocycles. The molecule has 1 aliphatic heterocycles. The number of anilines is 1. The zero-order valence-electron chi connectivity index (χ0n) is 15.4. The molecule has 1 N–H and O–H groups in total. The first-order valence-corrected chi connectivity index (χ1v) is 9.31. The molecular formula is C20H18ClF3N2O3. The third kappa shape index (κ3) is 4.48. The summed E-state index contributed by atoms with van der Waals surface area (Å²) < 4.78 is 44.1. The number of nitrogens with one attached hydrogen (secondary N) is 1. The van der Waals surface area contributed by atoms with Crippen LogP contribution in [-0.4, -0.2) is 36.5 Å². The molecule has 2 aromatic carbocycles. The molecule has 1 heterocycles. The monoisotopic (exact) mass is 426 g/mol. The number of hydrogen-bond acceptors (Lipinski definition) is 3. The summed E-state index contributed by atoms with van der Waals surface area (Å²) >= 11 is 5.79.